The van der Waals surface area contributed by atoms with Gasteiger partial charge in [0, 0.05) is 7.05 Å². The molecule has 0 bridgehead atoms. The predicted molar refractivity (Wildman–Crippen MR) is 80.0 cm³/mol. The number of carbonyl (C=O) groups is 1. The fraction of sp³-hybridized carbons (Fsp3) is 0.562. The fourth-order valence-corrected chi connectivity index (χ4v) is 2.52. The van der Waals surface area contributed by atoms with Crippen LogP contribution in [0, 0.1) is 13.8 Å². The minimum atomic E-state index is -0.205. The second kappa shape index (κ2) is 5.33. The zero-order valence-corrected chi connectivity index (χ0v) is 13.2. The van der Waals surface area contributed by atoms with Gasteiger partial charge in [-0.3, -0.25) is 9.80 Å². The number of likely N-dealkylation sites (N-methyl/N-ethyl adjacent to an activating group) is 1. The highest BCUT2D eigenvalue weighted by Gasteiger charge is 2.23. The second-order valence-electron chi connectivity index (χ2n) is 6.44. The number of hydrogen-bond acceptors (Lipinski definition) is 2. The molecule has 1 amide bonds. The maximum atomic E-state index is 12.0. The molecule has 0 saturated carbocycles. The summed E-state index contributed by atoms with van der Waals surface area (Å²) in [6, 6.07) is 4.37. The number of amides is 1. The molecule has 106 valence electrons. The monoisotopic (exact) mass is 262 g/mol. The summed E-state index contributed by atoms with van der Waals surface area (Å²) in [5.41, 5.74) is 4.83. The molecule has 19 heavy (non-hydrogen) atoms. The van der Waals surface area contributed by atoms with Gasteiger partial charge in [0.05, 0.1) is 5.92 Å². The average molecular weight is 262 g/mol. The number of hydrogen-bond donors (Lipinski definition) is 1. The quantitative estimate of drug-likeness (QED) is 0.506. The molecule has 0 spiro atoms. The molecule has 1 atom stereocenters. The first kappa shape index (κ1) is 15.7. The van der Waals surface area contributed by atoms with Crippen molar-refractivity contribution in [2.75, 3.05) is 7.05 Å². The van der Waals surface area contributed by atoms with Crippen molar-refractivity contribution in [3.8, 4) is 0 Å². The summed E-state index contributed by atoms with van der Waals surface area (Å²) in [7, 11) is 1.59. The van der Waals surface area contributed by atoms with Gasteiger partial charge in [-0.2, -0.15) is 0 Å². The number of hydrazine groups is 1. The molecule has 0 fully saturated rings. The predicted octanol–water partition coefficient (Wildman–Crippen LogP) is 3.04. The van der Waals surface area contributed by atoms with Gasteiger partial charge in [-0.05, 0) is 48.4 Å². The van der Waals surface area contributed by atoms with Crippen molar-refractivity contribution in [2.45, 2.75) is 52.9 Å². The SMILES string of the molecule is Cc1cc(C(C)(C)C)cc(C)c1C(C)C(=O)N(C)N. The van der Waals surface area contributed by atoms with Crippen molar-refractivity contribution in [2.24, 2.45) is 5.84 Å². The molecular weight excluding hydrogens is 236 g/mol. The zero-order chi connectivity index (χ0) is 15.0. The van der Waals surface area contributed by atoms with Gasteiger partial charge in [-0.1, -0.05) is 32.9 Å². The van der Waals surface area contributed by atoms with Gasteiger partial charge in [0.2, 0.25) is 5.91 Å². The lowest BCUT2D eigenvalue weighted by Crippen LogP contribution is -2.36. The summed E-state index contributed by atoms with van der Waals surface area (Å²) in [6.07, 6.45) is 0. The smallest absolute Gasteiger partial charge is 0.243 e. The van der Waals surface area contributed by atoms with Gasteiger partial charge in [0.1, 0.15) is 0 Å². The van der Waals surface area contributed by atoms with E-state index in [1.807, 2.05) is 6.92 Å². The van der Waals surface area contributed by atoms with Crippen molar-refractivity contribution < 1.29 is 4.79 Å². The molecule has 0 saturated heterocycles. The van der Waals surface area contributed by atoms with E-state index in [0.717, 1.165) is 16.7 Å². The van der Waals surface area contributed by atoms with E-state index in [1.54, 1.807) is 7.05 Å². The summed E-state index contributed by atoms with van der Waals surface area (Å²) in [5.74, 6) is 5.29. The number of rotatable bonds is 2. The van der Waals surface area contributed by atoms with E-state index in [4.69, 9.17) is 5.84 Å². The van der Waals surface area contributed by atoms with E-state index in [-0.39, 0.29) is 17.2 Å². The van der Waals surface area contributed by atoms with E-state index < -0.39 is 0 Å². The Balaban J connectivity index is 3.29. The van der Waals surface area contributed by atoms with Crippen molar-refractivity contribution in [1.29, 1.82) is 0 Å². The highest BCUT2D eigenvalue weighted by atomic mass is 16.2. The molecule has 3 nitrogen and oxygen atoms in total. The molecule has 0 radical (unpaired) electrons. The highest BCUT2D eigenvalue weighted by Crippen LogP contribution is 2.31. The van der Waals surface area contributed by atoms with Crippen LogP contribution in [0.2, 0.25) is 0 Å². The normalized spacial score (nSPS) is 13.3. The molecule has 0 aromatic heterocycles. The van der Waals surface area contributed by atoms with Crippen molar-refractivity contribution >= 4 is 5.91 Å². The van der Waals surface area contributed by atoms with E-state index in [1.165, 1.54) is 10.6 Å². The Morgan fingerprint density at radius 1 is 1.21 bits per heavy atom. The molecule has 1 rings (SSSR count). The van der Waals surface area contributed by atoms with Gasteiger partial charge in [0.15, 0.2) is 0 Å². The minimum absolute atomic E-state index is 0.0605. The third kappa shape index (κ3) is 3.35. The zero-order valence-electron chi connectivity index (χ0n) is 13.2. The van der Waals surface area contributed by atoms with Gasteiger partial charge in [-0.25, -0.2) is 5.84 Å². The van der Waals surface area contributed by atoms with Gasteiger partial charge < -0.3 is 0 Å². The number of carbonyl (C=O) groups excluding carboxylic acids is 1. The molecule has 2 N–H and O–H groups in total. The third-order valence-electron chi connectivity index (χ3n) is 3.61. The van der Waals surface area contributed by atoms with E-state index >= 15 is 0 Å². The Labute approximate surface area is 116 Å². The molecule has 0 aliphatic rings. The van der Waals surface area contributed by atoms with Crippen LogP contribution in [0.5, 0.6) is 0 Å². The van der Waals surface area contributed by atoms with Crippen LogP contribution >= 0.6 is 0 Å². The van der Waals surface area contributed by atoms with Crippen LogP contribution in [0.3, 0.4) is 0 Å². The van der Waals surface area contributed by atoms with Crippen molar-refractivity contribution in [1.82, 2.24) is 5.01 Å². The fourth-order valence-electron chi connectivity index (χ4n) is 2.52. The standard InChI is InChI=1S/C16H26N2O/c1-10-8-13(16(4,5)6)9-11(2)14(10)12(3)15(19)18(7)17/h8-9,12H,17H2,1-7H3. The summed E-state index contributed by atoms with van der Waals surface area (Å²) >= 11 is 0. The van der Waals surface area contributed by atoms with Crippen LogP contribution in [-0.2, 0) is 10.2 Å². The second-order valence-corrected chi connectivity index (χ2v) is 6.44. The Bertz CT molecular complexity index is 461. The van der Waals surface area contributed by atoms with Crippen LogP contribution in [0.25, 0.3) is 0 Å². The van der Waals surface area contributed by atoms with Gasteiger partial charge in [-0.15, -0.1) is 0 Å². The number of nitrogens with zero attached hydrogens (tertiary/aromatic N) is 1. The van der Waals surface area contributed by atoms with Crippen molar-refractivity contribution in [3.63, 3.8) is 0 Å². The summed E-state index contributed by atoms with van der Waals surface area (Å²) in [5, 5.41) is 1.17. The maximum Gasteiger partial charge on any atom is 0.243 e. The Hall–Kier alpha value is -1.35. The molecule has 1 aromatic carbocycles. The molecule has 3 heteroatoms. The molecule has 0 heterocycles. The molecule has 0 aliphatic carbocycles. The van der Waals surface area contributed by atoms with Crippen LogP contribution in [-0.4, -0.2) is 18.0 Å². The minimum Gasteiger partial charge on any atom is -0.283 e. The van der Waals surface area contributed by atoms with Crippen LogP contribution in [0.4, 0.5) is 0 Å². The lowest BCUT2D eigenvalue weighted by atomic mass is 9.81. The molecule has 0 aliphatic heterocycles. The summed E-state index contributed by atoms with van der Waals surface area (Å²) < 4.78 is 0. The van der Waals surface area contributed by atoms with Crippen LogP contribution in [0.1, 0.15) is 55.9 Å². The highest BCUT2D eigenvalue weighted by molar-refractivity contribution is 5.83. The topological polar surface area (TPSA) is 46.3 Å². The Kier molecular flexibility index (Phi) is 4.41. The average Bonchev–Trinajstić information content (AvgIpc) is 2.25. The maximum absolute atomic E-state index is 12.0. The van der Waals surface area contributed by atoms with Crippen LogP contribution < -0.4 is 5.84 Å². The molecule has 1 aromatic rings. The third-order valence-corrected chi connectivity index (χ3v) is 3.61. The number of benzene rings is 1. The lowest BCUT2D eigenvalue weighted by molar-refractivity contribution is -0.131. The summed E-state index contributed by atoms with van der Waals surface area (Å²) in [6.45, 7) is 12.6. The van der Waals surface area contributed by atoms with Gasteiger partial charge >= 0.3 is 0 Å². The first-order valence-electron chi connectivity index (χ1n) is 6.69. The van der Waals surface area contributed by atoms with Crippen LogP contribution in [0.15, 0.2) is 12.1 Å². The first-order valence-corrected chi connectivity index (χ1v) is 6.69. The largest absolute Gasteiger partial charge is 0.283 e. The summed E-state index contributed by atoms with van der Waals surface area (Å²) in [4.78, 5) is 12.0. The lowest BCUT2D eigenvalue weighted by Gasteiger charge is -2.25. The van der Waals surface area contributed by atoms with E-state index in [0.29, 0.717) is 0 Å². The van der Waals surface area contributed by atoms with E-state index in [2.05, 4.69) is 46.8 Å². The first-order chi connectivity index (χ1) is 8.55. The molecular formula is C16H26N2O. The number of aryl methyl sites for hydroxylation is 2. The molecule has 1 unspecified atom stereocenters. The van der Waals surface area contributed by atoms with E-state index in [9.17, 15) is 4.79 Å². The number of nitrogens with two attached hydrogens (primary N) is 1. The Morgan fingerprint density at radius 2 is 1.63 bits per heavy atom. The van der Waals surface area contributed by atoms with Gasteiger partial charge in [0.25, 0.3) is 0 Å². The van der Waals surface area contributed by atoms with Crippen molar-refractivity contribution in [3.05, 3.63) is 34.4 Å². The Morgan fingerprint density at radius 3 is 1.95 bits per heavy atom.